The number of carboxylic acids is 1. The molecule has 15 heavy (non-hydrogen) atoms. The van der Waals surface area contributed by atoms with Crippen LogP contribution in [0.15, 0.2) is 18.2 Å². The van der Waals surface area contributed by atoms with Gasteiger partial charge in [-0.15, -0.1) is 0 Å². The lowest BCUT2D eigenvalue weighted by Crippen LogP contribution is -2.03. The summed E-state index contributed by atoms with van der Waals surface area (Å²) in [6.45, 7) is 1.88. The van der Waals surface area contributed by atoms with Crippen molar-refractivity contribution in [2.75, 3.05) is 0 Å². The van der Waals surface area contributed by atoms with E-state index in [4.69, 9.17) is 5.11 Å². The van der Waals surface area contributed by atoms with E-state index in [0.717, 1.165) is 10.9 Å². The largest absolute Gasteiger partial charge is 0.506 e. The topological polar surface area (TPSA) is 62.5 Å². The first-order chi connectivity index (χ1) is 7.02. The summed E-state index contributed by atoms with van der Waals surface area (Å²) < 4.78 is 1.49. The molecule has 2 aromatic rings. The number of carbonyl (C=O) groups is 1. The summed E-state index contributed by atoms with van der Waals surface area (Å²) >= 11 is 0. The van der Waals surface area contributed by atoms with Crippen molar-refractivity contribution in [3.05, 3.63) is 29.5 Å². The Morgan fingerprint density at radius 3 is 2.60 bits per heavy atom. The minimum atomic E-state index is -0.993. The van der Waals surface area contributed by atoms with Crippen molar-refractivity contribution in [2.45, 2.75) is 6.92 Å². The number of benzene rings is 1. The van der Waals surface area contributed by atoms with E-state index >= 15 is 0 Å². The number of aromatic nitrogens is 1. The highest BCUT2D eigenvalue weighted by Crippen LogP contribution is 2.29. The fraction of sp³-hybridized carbons (Fsp3) is 0.182. The Kier molecular flexibility index (Phi) is 1.93. The van der Waals surface area contributed by atoms with E-state index < -0.39 is 5.97 Å². The average Bonchev–Trinajstić information content (AvgIpc) is 2.51. The highest BCUT2D eigenvalue weighted by molar-refractivity contribution is 5.97. The van der Waals surface area contributed by atoms with Gasteiger partial charge in [-0.3, -0.25) is 0 Å². The van der Waals surface area contributed by atoms with Crippen molar-refractivity contribution < 1.29 is 15.0 Å². The quantitative estimate of drug-likeness (QED) is 0.747. The number of aryl methyl sites for hydroxylation is 2. The highest BCUT2D eigenvalue weighted by Gasteiger charge is 2.15. The third kappa shape index (κ3) is 1.26. The first-order valence-electron chi connectivity index (χ1n) is 4.53. The first-order valence-corrected chi connectivity index (χ1v) is 4.53. The first kappa shape index (κ1) is 9.58. The molecule has 0 bridgehead atoms. The number of rotatable bonds is 1. The third-order valence-corrected chi connectivity index (χ3v) is 2.61. The fourth-order valence-electron chi connectivity index (χ4n) is 1.79. The van der Waals surface area contributed by atoms with E-state index in [1.54, 1.807) is 25.2 Å². The number of nitrogens with zero attached hydrogens (tertiary/aromatic N) is 1. The van der Waals surface area contributed by atoms with Gasteiger partial charge >= 0.3 is 5.97 Å². The third-order valence-electron chi connectivity index (χ3n) is 2.61. The van der Waals surface area contributed by atoms with Gasteiger partial charge in [0, 0.05) is 12.4 Å². The van der Waals surface area contributed by atoms with Crippen LogP contribution in [0, 0.1) is 6.92 Å². The van der Waals surface area contributed by atoms with Gasteiger partial charge in [-0.2, -0.15) is 0 Å². The average molecular weight is 205 g/mol. The summed E-state index contributed by atoms with van der Waals surface area (Å²) in [5.41, 5.74) is 1.69. The molecule has 0 unspecified atom stereocenters. The molecule has 2 N–H and O–H groups in total. The van der Waals surface area contributed by atoms with E-state index in [9.17, 15) is 9.90 Å². The van der Waals surface area contributed by atoms with Crippen molar-refractivity contribution >= 4 is 16.9 Å². The Morgan fingerprint density at radius 2 is 2.07 bits per heavy atom. The van der Waals surface area contributed by atoms with Gasteiger partial charge in [0.05, 0.1) is 5.52 Å². The number of aromatic carboxylic acids is 1. The number of carboxylic acid groups (broad SMARTS) is 1. The number of phenolic OH excluding ortho intramolecular Hbond substituents is 1. The summed E-state index contributed by atoms with van der Waals surface area (Å²) in [6.07, 6.45) is 0. The molecule has 4 nitrogen and oxygen atoms in total. The maximum Gasteiger partial charge on any atom is 0.352 e. The van der Waals surface area contributed by atoms with Crippen molar-refractivity contribution in [3.8, 4) is 5.75 Å². The Bertz CT molecular complexity index is 554. The van der Waals surface area contributed by atoms with Gasteiger partial charge in [-0.25, -0.2) is 4.79 Å². The van der Waals surface area contributed by atoms with Gasteiger partial charge in [-0.1, -0.05) is 6.07 Å². The molecule has 0 aliphatic carbocycles. The van der Waals surface area contributed by atoms with Crippen LogP contribution < -0.4 is 0 Å². The highest BCUT2D eigenvalue weighted by atomic mass is 16.4. The molecule has 78 valence electrons. The van der Waals surface area contributed by atoms with Gasteiger partial charge in [0.2, 0.25) is 0 Å². The smallest absolute Gasteiger partial charge is 0.352 e. The lowest BCUT2D eigenvalue weighted by molar-refractivity contribution is 0.0687. The van der Waals surface area contributed by atoms with Crippen molar-refractivity contribution in [2.24, 2.45) is 7.05 Å². The molecule has 0 saturated heterocycles. The molecule has 2 rings (SSSR count). The SMILES string of the molecule is Cc1ccc(O)c2c1cc(C(=O)O)n2C. The maximum absolute atomic E-state index is 10.9. The molecule has 1 heterocycles. The van der Waals surface area contributed by atoms with Crippen LogP contribution >= 0.6 is 0 Å². The number of hydrogen-bond acceptors (Lipinski definition) is 2. The lowest BCUT2D eigenvalue weighted by Gasteiger charge is -2.02. The molecular weight excluding hydrogens is 194 g/mol. The van der Waals surface area contributed by atoms with E-state index in [1.807, 2.05) is 6.92 Å². The van der Waals surface area contributed by atoms with Gasteiger partial charge in [0.25, 0.3) is 0 Å². The van der Waals surface area contributed by atoms with Gasteiger partial charge in [-0.05, 0) is 24.6 Å². The standard InChI is InChI=1S/C11H11NO3/c1-6-3-4-9(13)10-7(6)5-8(11(14)15)12(10)2/h3-5,13H,1-2H3,(H,14,15). The molecule has 0 atom stereocenters. The zero-order chi connectivity index (χ0) is 11.2. The van der Waals surface area contributed by atoms with Crippen LogP contribution in [0.25, 0.3) is 10.9 Å². The molecule has 0 aliphatic heterocycles. The summed E-state index contributed by atoms with van der Waals surface area (Å²) in [5, 5.41) is 19.4. The van der Waals surface area contributed by atoms with Crippen molar-refractivity contribution in [1.29, 1.82) is 0 Å². The lowest BCUT2D eigenvalue weighted by atomic mass is 10.1. The van der Waals surface area contributed by atoms with E-state index in [1.165, 1.54) is 4.57 Å². The number of fused-ring (bicyclic) bond motifs is 1. The maximum atomic E-state index is 10.9. The predicted octanol–water partition coefficient (Wildman–Crippen LogP) is 1.89. The van der Waals surface area contributed by atoms with Crippen LogP contribution in [-0.4, -0.2) is 20.7 Å². The van der Waals surface area contributed by atoms with E-state index in [-0.39, 0.29) is 11.4 Å². The molecule has 1 aromatic heterocycles. The Labute approximate surface area is 86.4 Å². The van der Waals surface area contributed by atoms with E-state index in [0.29, 0.717) is 5.52 Å². The summed E-state index contributed by atoms with van der Waals surface area (Å²) in [7, 11) is 1.63. The van der Waals surface area contributed by atoms with Crippen LogP contribution in [0.3, 0.4) is 0 Å². The van der Waals surface area contributed by atoms with Gasteiger partial charge in [0.1, 0.15) is 11.4 Å². The molecule has 0 fully saturated rings. The van der Waals surface area contributed by atoms with Crippen LogP contribution in [0.1, 0.15) is 16.1 Å². The zero-order valence-electron chi connectivity index (χ0n) is 8.48. The molecule has 0 radical (unpaired) electrons. The zero-order valence-corrected chi connectivity index (χ0v) is 8.48. The number of aromatic hydroxyl groups is 1. The monoisotopic (exact) mass is 205 g/mol. The summed E-state index contributed by atoms with van der Waals surface area (Å²) in [5.74, 6) is -0.891. The Balaban J connectivity index is 2.93. The van der Waals surface area contributed by atoms with Crippen molar-refractivity contribution in [1.82, 2.24) is 4.57 Å². The fourth-order valence-corrected chi connectivity index (χ4v) is 1.79. The van der Waals surface area contributed by atoms with Crippen LogP contribution in [0.2, 0.25) is 0 Å². The van der Waals surface area contributed by atoms with Gasteiger partial charge in [0.15, 0.2) is 0 Å². The second-order valence-corrected chi connectivity index (χ2v) is 3.56. The molecule has 0 saturated carbocycles. The molecular formula is C11H11NO3. The normalized spacial score (nSPS) is 10.8. The molecule has 0 spiro atoms. The minimum Gasteiger partial charge on any atom is -0.506 e. The van der Waals surface area contributed by atoms with Crippen molar-refractivity contribution in [3.63, 3.8) is 0 Å². The molecule has 4 heteroatoms. The predicted molar refractivity (Wildman–Crippen MR) is 56.3 cm³/mol. The van der Waals surface area contributed by atoms with Gasteiger partial charge < -0.3 is 14.8 Å². The second-order valence-electron chi connectivity index (χ2n) is 3.56. The van der Waals surface area contributed by atoms with Crippen LogP contribution in [0.5, 0.6) is 5.75 Å². The summed E-state index contributed by atoms with van der Waals surface area (Å²) in [4.78, 5) is 10.9. The van der Waals surface area contributed by atoms with E-state index in [2.05, 4.69) is 0 Å². The molecule has 0 amide bonds. The van der Waals surface area contributed by atoms with Crippen LogP contribution in [0.4, 0.5) is 0 Å². The minimum absolute atomic E-state index is 0.102. The Hall–Kier alpha value is -1.97. The molecule has 0 aliphatic rings. The number of hydrogen-bond donors (Lipinski definition) is 2. The second kappa shape index (κ2) is 3.02. The Morgan fingerprint density at radius 1 is 1.40 bits per heavy atom. The van der Waals surface area contributed by atoms with Crippen LogP contribution in [-0.2, 0) is 7.05 Å². The number of phenols is 1. The summed E-state index contributed by atoms with van der Waals surface area (Å²) in [6, 6.07) is 4.92. The molecule has 1 aromatic carbocycles.